The minimum atomic E-state index is -0.343. The van der Waals surface area contributed by atoms with Gasteiger partial charge in [0.2, 0.25) is 0 Å². The number of anilines is 1. The zero-order chi connectivity index (χ0) is 14.5. The molecule has 1 saturated heterocycles. The van der Waals surface area contributed by atoms with Crippen molar-refractivity contribution in [1.29, 1.82) is 0 Å². The quantitative estimate of drug-likeness (QED) is 0.660. The molecule has 1 unspecified atom stereocenters. The predicted octanol–water partition coefficient (Wildman–Crippen LogP) is 2.04. The molecule has 0 radical (unpaired) electrons. The SMILES string of the molecule is COc1ccc([N+](=O)[O-])c(N(C)CC2CCCNC2)c1. The van der Waals surface area contributed by atoms with Crippen LogP contribution in [0.2, 0.25) is 0 Å². The molecule has 1 aromatic carbocycles. The molecule has 6 heteroatoms. The van der Waals surface area contributed by atoms with Crippen LogP contribution in [0.4, 0.5) is 11.4 Å². The maximum Gasteiger partial charge on any atom is 0.292 e. The molecule has 0 amide bonds. The Bertz CT molecular complexity index is 473. The van der Waals surface area contributed by atoms with Crippen LogP contribution in [0, 0.1) is 16.0 Å². The Morgan fingerprint density at radius 1 is 1.55 bits per heavy atom. The summed E-state index contributed by atoms with van der Waals surface area (Å²) < 4.78 is 5.17. The number of rotatable bonds is 5. The van der Waals surface area contributed by atoms with E-state index in [1.165, 1.54) is 12.5 Å². The zero-order valence-electron chi connectivity index (χ0n) is 12.0. The molecule has 6 nitrogen and oxygen atoms in total. The lowest BCUT2D eigenvalue weighted by molar-refractivity contribution is -0.384. The molecule has 2 rings (SSSR count). The highest BCUT2D eigenvalue weighted by Gasteiger charge is 2.21. The van der Waals surface area contributed by atoms with Crippen LogP contribution in [0.3, 0.4) is 0 Å². The van der Waals surface area contributed by atoms with Gasteiger partial charge in [-0.05, 0) is 37.9 Å². The van der Waals surface area contributed by atoms with Crippen LogP contribution in [-0.2, 0) is 0 Å². The topological polar surface area (TPSA) is 67.6 Å². The van der Waals surface area contributed by atoms with Crippen molar-refractivity contribution < 1.29 is 9.66 Å². The molecule has 0 bridgehead atoms. The minimum Gasteiger partial charge on any atom is -0.497 e. The van der Waals surface area contributed by atoms with Crippen molar-refractivity contribution in [2.75, 3.05) is 38.7 Å². The van der Waals surface area contributed by atoms with E-state index >= 15 is 0 Å². The summed E-state index contributed by atoms with van der Waals surface area (Å²) in [6.45, 7) is 2.85. The first kappa shape index (κ1) is 14.6. The molecule has 0 aliphatic carbocycles. The van der Waals surface area contributed by atoms with E-state index in [0.717, 1.165) is 26.1 Å². The van der Waals surface area contributed by atoms with Crippen LogP contribution in [0.15, 0.2) is 18.2 Å². The van der Waals surface area contributed by atoms with E-state index in [1.54, 1.807) is 19.2 Å². The van der Waals surface area contributed by atoms with Crippen LogP contribution in [-0.4, -0.2) is 38.7 Å². The summed E-state index contributed by atoms with van der Waals surface area (Å²) >= 11 is 0. The first-order valence-corrected chi connectivity index (χ1v) is 6.86. The number of nitrogens with zero attached hydrogens (tertiary/aromatic N) is 2. The fourth-order valence-corrected chi connectivity index (χ4v) is 2.66. The maximum atomic E-state index is 11.1. The van der Waals surface area contributed by atoms with E-state index < -0.39 is 0 Å². The predicted molar refractivity (Wildman–Crippen MR) is 78.5 cm³/mol. The van der Waals surface area contributed by atoms with Gasteiger partial charge in [-0.1, -0.05) is 0 Å². The van der Waals surface area contributed by atoms with Gasteiger partial charge in [0.1, 0.15) is 11.4 Å². The normalized spacial score (nSPS) is 18.6. The van der Waals surface area contributed by atoms with E-state index in [2.05, 4.69) is 5.32 Å². The van der Waals surface area contributed by atoms with E-state index in [-0.39, 0.29) is 10.6 Å². The van der Waals surface area contributed by atoms with Crippen molar-refractivity contribution in [2.45, 2.75) is 12.8 Å². The molecule has 1 aromatic rings. The Kier molecular flexibility index (Phi) is 4.79. The summed E-state index contributed by atoms with van der Waals surface area (Å²) in [7, 11) is 3.46. The molecule has 20 heavy (non-hydrogen) atoms. The lowest BCUT2D eigenvalue weighted by Crippen LogP contribution is -2.37. The summed E-state index contributed by atoms with van der Waals surface area (Å²) in [5.41, 5.74) is 0.733. The molecular weight excluding hydrogens is 258 g/mol. The number of hydrogen-bond acceptors (Lipinski definition) is 5. The van der Waals surface area contributed by atoms with Gasteiger partial charge in [-0.2, -0.15) is 0 Å². The number of nitro groups is 1. The van der Waals surface area contributed by atoms with Crippen molar-refractivity contribution in [3.8, 4) is 5.75 Å². The Labute approximate surface area is 118 Å². The molecule has 0 saturated carbocycles. The van der Waals surface area contributed by atoms with Crippen molar-refractivity contribution in [3.63, 3.8) is 0 Å². The Balaban J connectivity index is 2.17. The van der Waals surface area contributed by atoms with E-state index in [4.69, 9.17) is 4.74 Å². The van der Waals surface area contributed by atoms with E-state index in [1.807, 2.05) is 11.9 Å². The third kappa shape index (κ3) is 3.39. The van der Waals surface area contributed by atoms with Gasteiger partial charge in [0.05, 0.1) is 12.0 Å². The van der Waals surface area contributed by atoms with Gasteiger partial charge >= 0.3 is 0 Å². The van der Waals surface area contributed by atoms with Gasteiger partial charge in [0, 0.05) is 25.7 Å². The average molecular weight is 279 g/mol. The fourth-order valence-electron chi connectivity index (χ4n) is 2.66. The summed E-state index contributed by atoms with van der Waals surface area (Å²) in [5.74, 6) is 1.17. The van der Waals surface area contributed by atoms with E-state index in [9.17, 15) is 10.1 Å². The summed E-state index contributed by atoms with van der Waals surface area (Å²) in [6, 6.07) is 4.86. The smallest absolute Gasteiger partial charge is 0.292 e. The van der Waals surface area contributed by atoms with Gasteiger partial charge in [-0.3, -0.25) is 10.1 Å². The highest BCUT2D eigenvalue weighted by Crippen LogP contribution is 2.32. The van der Waals surface area contributed by atoms with Gasteiger partial charge in [-0.15, -0.1) is 0 Å². The first-order chi connectivity index (χ1) is 9.61. The van der Waals surface area contributed by atoms with Gasteiger partial charge in [0.25, 0.3) is 5.69 Å². The second-order valence-electron chi connectivity index (χ2n) is 5.20. The molecule has 0 aromatic heterocycles. The van der Waals surface area contributed by atoms with Crippen molar-refractivity contribution in [1.82, 2.24) is 5.32 Å². The van der Waals surface area contributed by atoms with E-state index in [0.29, 0.717) is 17.4 Å². The van der Waals surface area contributed by atoms with Gasteiger partial charge < -0.3 is 15.0 Å². The maximum absolute atomic E-state index is 11.1. The highest BCUT2D eigenvalue weighted by molar-refractivity contribution is 5.65. The average Bonchev–Trinajstić information content (AvgIpc) is 2.47. The van der Waals surface area contributed by atoms with Gasteiger partial charge in [-0.25, -0.2) is 0 Å². The minimum absolute atomic E-state index is 0.122. The Hall–Kier alpha value is -1.82. The molecule has 110 valence electrons. The molecule has 1 atom stereocenters. The van der Waals surface area contributed by atoms with Crippen LogP contribution in [0.1, 0.15) is 12.8 Å². The standard InChI is InChI=1S/C14H21N3O3/c1-16(10-11-4-3-7-15-9-11)14-8-12(20-2)5-6-13(14)17(18)19/h5-6,8,11,15H,3-4,7,9-10H2,1-2H3. The second kappa shape index (κ2) is 6.56. The largest absolute Gasteiger partial charge is 0.497 e. The number of nitro benzene ring substituents is 1. The van der Waals surface area contributed by atoms with Crippen LogP contribution in [0.5, 0.6) is 5.75 Å². The Morgan fingerprint density at radius 2 is 2.35 bits per heavy atom. The van der Waals surface area contributed by atoms with Crippen LogP contribution >= 0.6 is 0 Å². The first-order valence-electron chi connectivity index (χ1n) is 6.86. The number of hydrogen-bond donors (Lipinski definition) is 1. The number of benzene rings is 1. The number of ether oxygens (including phenoxy) is 1. The summed E-state index contributed by atoms with van der Waals surface area (Å²) in [6.07, 6.45) is 2.33. The lowest BCUT2D eigenvalue weighted by Gasteiger charge is -2.28. The molecule has 0 spiro atoms. The number of nitrogens with one attached hydrogen (secondary N) is 1. The van der Waals surface area contributed by atoms with Crippen LogP contribution < -0.4 is 15.0 Å². The monoisotopic (exact) mass is 279 g/mol. The molecule has 1 fully saturated rings. The van der Waals surface area contributed by atoms with Crippen molar-refractivity contribution >= 4 is 11.4 Å². The van der Waals surface area contributed by atoms with Crippen LogP contribution in [0.25, 0.3) is 0 Å². The lowest BCUT2D eigenvalue weighted by atomic mass is 9.99. The third-order valence-corrected chi connectivity index (χ3v) is 3.72. The zero-order valence-corrected chi connectivity index (χ0v) is 12.0. The molecule has 1 N–H and O–H groups in total. The molecular formula is C14H21N3O3. The van der Waals surface area contributed by atoms with Crippen molar-refractivity contribution in [3.05, 3.63) is 28.3 Å². The molecule has 1 aliphatic rings. The highest BCUT2D eigenvalue weighted by atomic mass is 16.6. The molecule has 1 heterocycles. The Morgan fingerprint density at radius 3 is 2.95 bits per heavy atom. The molecule has 1 aliphatic heterocycles. The van der Waals surface area contributed by atoms with Crippen molar-refractivity contribution in [2.24, 2.45) is 5.92 Å². The number of methoxy groups -OCH3 is 1. The fraction of sp³-hybridized carbons (Fsp3) is 0.571. The van der Waals surface area contributed by atoms with Gasteiger partial charge in [0.15, 0.2) is 0 Å². The number of piperidine rings is 1. The second-order valence-corrected chi connectivity index (χ2v) is 5.20. The third-order valence-electron chi connectivity index (χ3n) is 3.72. The summed E-state index contributed by atoms with van der Waals surface area (Å²) in [5, 5.41) is 14.5. The summed E-state index contributed by atoms with van der Waals surface area (Å²) in [4.78, 5) is 12.8.